The molecule has 3 amide bonds. The summed E-state index contributed by atoms with van der Waals surface area (Å²) in [5.74, 6) is 1.44. The fourth-order valence-electron chi connectivity index (χ4n) is 2.74. The Morgan fingerprint density at radius 2 is 1.31 bits per heavy atom. The van der Waals surface area contributed by atoms with Gasteiger partial charge in [-0.25, -0.2) is 4.98 Å². The van der Waals surface area contributed by atoms with Crippen LogP contribution in [0.4, 0.5) is 5.82 Å². The molecule has 36 heavy (non-hydrogen) atoms. The molecule has 0 saturated carbocycles. The van der Waals surface area contributed by atoms with Gasteiger partial charge in [-0.1, -0.05) is 31.5 Å². The van der Waals surface area contributed by atoms with E-state index in [1.54, 1.807) is 6.07 Å². The van der Waals surface area contributed by atoms with Gasteiger partial charge >= 0.3 is 0 Å². The van der Waals surface area contributed by atoms with E-state index in [0.717, 1.165) is 44.3 Å². The maximum atomic E-state index is 11.2. The average Bonchev–Trinajstić information content (AvgIpc) is 2.89. The Bertz CT molecular complexity index is 743. The lowest BCUT2D eigenvalue weighted by atomic mass is 10.3. The normalized spacial score (nSPS) is 10.1. The Balaban J connectivity index is 2.52. The number of carbonyl (C=O) groups is 3. The zero-order chi connectivity index (χ0) is 26.4. The molecule has 0 saturated heterocycles. The second kappa shape index (κ2) is 19.9. The van der Waals surface area contributed by atoms with E-state index in [0.29, 0.717) is 49.6 Å². The first-order valence-electron chi connectivity index (χ1n) is 12.1. The second-order valence-corrected chi connectivity index (χ2v) is 8.67. The van der Waals surface area contributed by atoms with Crippen molar-refractivity contribution in [2.75, 3.05) is 43.9 Å². The minimum atomic E-state index is -0.185. The van der Waals surface area contributed by atoms with Gasteiger partial charge in [0.2, 0.25) is 23.6 Å². The molecule has 0 atom stereocenters. The lowest BCUT2D eigenvalue weighted by Gasteiger charge is -2.11. The zero-order valence-electron chi connectivity index (χ0n) is 20.9. The van der Waals surface area contributed by atoms with Crippen molar-refractivity contribution in [2.45, 2.75) is 43.7 Å². The lowest BCUT2D eigenvalue weighted by Crippen LogP contribution is -2.22. The molecular formula is C25H38N6O4S. The quantitative estimate of drug-likeness (QED) is 0.0844. The van der Waals surface area contributed by atoms with Gasteiger partial charge in [-0.2, -0.15) is 4.98 Å². The first kappa shape index (κ1) is 30.7. The zero-order valence-corrected chi connectivity index (χ0v) is 21.7. The topological polar surface area (TPSA) is 134 Å². The lowest BCUT2D eigenvalue weighted by molar-refractivity contribution is -0.117. The molecule has 0 aliphatic rings. The van der Waals surface area contributed by atoms with Crippen molar-refractivity contribution in [3.8, 4) is 5.88 Å². The second-order valence-electron chi connectivity index (χ2n) is 7.60. The van der Waals surface area contributed by atoms with Crippen molar-refractivity contribution in [2.24, 2.45) is 0 Å². The molecule has 11 heteroatoms. The van der Waals surface area contributed by atoms with Crippen LogP contribution in [0.25, 0.3) is 0 Å². The Hall–Kier alpha value is -3.34. The van der Waals surface area contributed by atoms with Crippen molar-refractivity contribution in [3.63, 3.8) is 0 Å². The Morgan fingerprint density at radius 3 is 1.89 bits per heavy atom. The molecule has 198 valence electrons. The number of hydrogen-bond acceptors (Lipinski definition) is 8. The third-order valence-electron chi connectivity index (χ3n) is 4.67. The standard InChI is InChI=1S/C25H38N6O4S/c1-4-21(32)27-14-8-7-13-26-20-19-24(35-17-11-9-15-28-22(33)5-2)31-25(30-20)36-18-12-10-16-29-23(34)6-3/h4-6,19H,1-3,7-18H2,(H,27,32)(H,28,33)(H,29,34)(H,26,30,31). The summed E-state index contributed by atoms with van der Waals surface area (Å²) in [5, 5.41) is 12.2. The molecule has 0 aliphatic heterocycles. The molecule has 10 nitrogen and oxygen atoms in total. The number of thioether (sulfide) groups is 1. The number of amides is 3. The Kier molecular flexibility index (Phi) is 17.0. The highest BCUT2D eigenvalue weighted by atomic mass is 32.2. The summed E-state index contributed by atoms with van der Waals surface area (Å²) in [6, 6.07) is 1.77. The van der Waals surface area contributed by atoms with Gasteiger partial charge in [0.15, 0.2) is 5.16 Å². The van der Waals surface area contributed by atoms with Gasteiger partial charge in [0.1, 0.15) is 5.82 Å². The van der Waals surface area contributed by atoms with Gasteiger partial charge < -0.3 is 26.0 Å². The van der Waals surface area contributed by atoms with Gasteiger partial charge in [0.25, 0.3) is 0 Å². The van der Waals surface area contributed by atoms with Gasteiger partial charge in [0.05, 0.1) is 6.61 Å². The molecule has 1 rings (SSSR count). The van der Waals surface area contributed by atoms with E-state index in [1.807, 2.05) is 0 Å². The molecule has 1 aromatic rings. The highest BCUT2D eigenvalue weighted by Crippen LogP contribution is 2.22. The van der Waals surface area contributed by atoms with Crippen LogP contribution < -0.4 is 26.0 Å². The number of carbonyl (C=O) groups excluding carboxylic acids is 3. The van der Waals surface area contributed by atoms with Crippen LogP contribution in [0.1, 0.15) is 38.5 Å². The molecule has 1 aromatic heterocycles. The summed E-state index contributed by atoms with van der Waals surface area (Å²) in [6.45, 7) is 13.2. The number of hydrogen-bond donors (Lipinski definition) is 4. The van der Waals surface area contributed by atoms with Gasteiger partial charge in [-0.3, -0.25) is 14.4 Å². The largest absolute Gasteiger partial charge is 0.478 e. The van der Waals surface area contributed by atoms with Crippen LogP contribution >= 0.6 is 11.8 Å². The fourth-order valence-corrected chi connectivity index (χ4v) is 3.59. The third kappa shape index (κ3) is 15.5. The molecule has 0 aromatic carbocycles. The maximum Gasteiger partial charge on any atom is 0.243 e. The summed E-state index contributed by atoms with van der Waals surface area (Å²) >= 11 is 1.53. The number of rotatable bonds is 21. The monoisotopic (exact) mass is 518 g/mol. The smallest absolute Gasteiger partial charge is 0.243 e. The van der Waals surface area contributed by atoms with Crippen molar-refractivity contribution in [1.29, 1.82) is 0 Å². The SMILES string of the molecule is C=CC(=O)NCCCCNc1cc(OCCCCNC(=O)C=C)nc(SCCCCNC(=O)C=C)n1. The fraction of sp³-hybridized carbons (Fsp3) is 0.480. The molecule has 0 aliphatic carbocycles. The summed E-state index contributed by atoms with van der Waals surface area (Å²) in [4.78, 5) is 42.7. The number of nitrogens with one attached hydrogen (secondary N) is 4. The average molecular weight is 519 g/mol. The van der Waals surface area contributed by atoms with Crippen LogP contribution in [0.15, 0.2) is 49.2 Å². The molecule has 0 spiro atoms. The molecular weight excluding hydrogens is 480 g/mol. The van der Waals surface area contributed by atoms with Crippen LogP contribution in [0.2, 0.25) is 0 Å². The highest BCUT2D eigenvalue weighted by Gasteiger charge is 2.07. The van der Waals surface area contributed by atoms with Gasteiger partial charge in [-0.15, -0.1) is 0 Å². The van der Waals surface area contributed by atoms with Crippen LogP contribution in [0, 0.1) is 0 Å². The molecule has 0 unspecified atom stereocenters. The van der Waals surface area contributed by atoms with Crippen LogP contribution in [-0.2, 0) is 14.4 Å². The Morgan fingerprint density at radius 1 is 0.778 bits per heavy atom. The Labute approximate surface area is 217 Å². The number of aromatic nitrogens is 2. The number of anilines is 1. The number of unbranched alkanes of at least 4 members (excludes halogenated alkanes) is 3. The maximum absolute atomic E-state index is 11.2. The van der Waals surface area contributed by atoms with Crippen LogP contribution in [-0.4, -0.2) is 66.2 Å². The number of nitrogens with zero attached hydrogens (tertiary/aromatic N) is 2. The van der Waals surface area contributed by atoms with E-state index in [9.17, 15) is 14.4 Å². The van der Waals surface area contributed by atoms with E-state index in [1.165, 1.54) is 30.0 Å². The van der Waals surface area contributed by atoms with Gasteiger partial charge in [-0.05, 0) is 56.8 Å². The van der Waals surface area contributed by atoms with Crippen molar-refractivity contribution >= 4 is 35.3 Å². The molecule has 0 bridgehead atoms. The molecule has 0 radical (unpaired) electrons. The first-order valence-corrected chi connectivity index (χ1v) is 13.1. The molecule has 1 heterocycles. The van der Waals surface area contributed by atoms with E-state index in [4.69, 9.17) is 4.74 Å². The predicted molar refractivity (Wildman–Crippen MR) is 144 cm³/mol. The van der Waals surface area contributed by atoms with E-state index < -0.39 is 0 Å². The van der Waals surface area contributed by atoms with E-state index in [2.05, 4.69) is 51.0 Å². The number of ether oxygens (including phenoxy) is 1. The summed E-state index contributed by atoms with van der Waals surface area (Å²) in [7, 11) is 0. The van der Waals surface area contributed by atoms with E-state index >= 15 is 0 Å². The van der Waals surface area contributed by atoms with Crippen molar-refractivity contribution in [1.82, 2.24) is 25.9 Å². The van der Waals surface area contributed by atoms with Crippen LogP contribution in [0.3, 0.4) is 0 Å². The van der Waals surface area contributed by atoms with Crippen molar-refractivity contribution in [3.05, 3.63) is 44.0 Å². The molecule has 0 fully saturated rings. The summed E-state index contributed by atoms with van der Waals surface area (Å²) in [6.07, 6.45) is 8.73. The first-order chi connectivity index (χ1) is 17.5. The highest BCUT2D eigenvalue weighted by molar-refractivity contribution is 7.99. The third-order valence-corrected chi connectivity index (χ3v) is 5.60. The molecule has 4 N–H and O–H groups in total. The van der Waals surface area contributed by atoms with Crippen LogP contribution in [0.5, 0.6) is 5.88 Å². The van der Waals surface area contributed by atoms with Gasteiger partial charge in [0, 0.05) is 38.0 Å². The summed E-state index contributed by atoms with van der Waals surface area (Å²) in [5.41, 5.74) is 0. The summed E-state index contributed by atoms with van der Waals surface area (Å²) < 4.78 is 5.84. The minimum Gasteiger partial charge on any atom is -0.478 e. The van der Waals surface area contributed by atoms with E-state index in [-0.39, 0.29) is 17.7 Å². The predicted octanol–water partition coefficient (Wildman–Crippen LogP) is 2.61. The van der Waals surface area contributed by atoms with Crippen molar-refractivity contribution < 1.29 is 19.1 Å². The minimum absolute atomic E-state index is 0.169.